The third kappa shape index (κ3) is 8.47. The van der Waals surface area contributed by atoms with E-state index in [1.54, 1.807) is 0 Å². The molecule has 5 heteroatoms. The van der Waals surface area contributed by atoms with Crippen LogP contribution in [0.15, 0.2) is 0 Å². The molecule has 0 heterocycles. The second-order valence-electron chi connectivity index (χ2n) is 6.48. The van der Waals surface area contributed by atoms with Gasteiger partial charge in [-0.2, -0.15) is 0 Å². The second kappa shape index (κ2) is 12.0. The number of carbonyl (C=O) groups excluding carboxylic acids is 1. The Labute approximate surface area is 144 Å². The van der Waals surface area contributed by atoms with Crippen LogP contribution < -0.4 is 0 Å². The van der Waals surface area contributed by atoms with E-state index in [4.69, 9.17) is 9.84 Å². The van der Waals surface area contributed by atoms with E-state index in [0.717, 1.165) is 44.9 Å². The first-order chi connectivity index (χ1) is 11.5. The fourth-order valence-electron chi connectivity index (χ4n) is 3.21. The van der Waals surface area contributed by atoms with Crippen LogP contribution in [0.5, 0.6) is 0 Å². The number of aliphatic hydroxyl groups is 1. The Bertz CT molecular complexity index is 448. The van der Waals surface area contributed by atoms with E-state index < -0.39 is 12.1 Å². The number of aliphatic carboxylic acids is 1. The number of rotatable bonds is 11. The van der Waals surface area contributed by atoms with Gasteiger partial charge in [-0.1, -0.05) is 19.3 Å². The van der Waals surface area contributed by atoms with Gasteiger partial charge in [0.15, 0.2) is 0 Å². The number of ether oxygens (including phenoxy) is 1. The summed E-state index contributed by atoms with van der Waals surface area (Å²) >= 11 is 0. The minimum absolute atomic E-state index is 0.0836. The standard InChI is InChI=1S/C19H30O5/c1-2-3-4-7-16(20)11-9-15-10-12-18(21)17(15)8-5-6-13-24-14-19(22)23/h15-17,20H,2-3,5-6,8-14H2,1H3,(H,22,23)/t15-,16?,17+/m0/s1. The summed E-state index contributed by atoms with van der Waals surface area (Å²) in [6.07, 6.45) is 6.72. The van der Waals surface area contributed by atoms with E-state index in [1.165, 1.54) is 0 Å². The first-order valence-corrected chi connectivity index (χ1v) is 9.03. The van der Waals surface area contributed by atoms with Crippen molar-refractivity contribution in [2.45, 2.75) is 70.8 Å². The molecule has 0 bridgehead atoms. The maximum absolute atomic E-state index is 12.1. The maximum Gasteiger partial charge on any atom is 0.329 e. The zero-order valence-electron chi connectivity index (χ0n) is 14.6. The molecule has 3 atom stereocenters. The third-order valence-electron chi connectivity index (χ3n) is 4.48. The van der Waals surface area contributed by atoms with Gasteiger partial charge in [0.25, 0.3) is 0 Å². The Morgan fingerprint density at radius 2 is 2.17 bits per heavy atom. The Morgan fingerprint density at radius 1 is 1.38 bits per heavy atom. The molecule has 0 radical (unpaired) electrons. The summed E-state index contributed by atoms with van der Waals surface area (Å²) in [6.45, 7) is 2.22. The minimum atomic E-state index is -0.957. The lowest BCUT2D eigenvalue weighted by Gasteiger charge is -2.18. The van der Waals surface area contributed by atoms with Gasteiger partial charge in [0.2, 0.25) is 0 Å². The quantitative estimate of drug-likeness (QED) is 0.447. The number of hydrogen-bond acceptors (Lipinski definition) is 4. The summed E-state index contributed by atoms with van der Waals surface area (Å²) in [6, 6.07) is 0. The molecule has 5 nitrogen and oxygen atoms in total. The van der Waals surface area contributed by atoms with Gasteiger partial charge in [-0.3, -0.25) is 4.79 Å². The fourth-order valence-corrected chi connectivity index (χ4v) is 3.21. The van der Waals surface area contributed by atoms with E-state index >= 15 is 0 Å². The van der Waals surface area contributed by atoms with Crippen LogP contribution in [0, 0.1) is 23.7 Å². The van der Waals surface area contributed by atoms with Crippen molar-refractivity contribution in [1.82, 2.24) is 0 Å². The summed E-state index contributed by atoms with van der Waals surface area (Å²) in [5.41, 5.74) is 0. The van der Waals surface area contributed by atoms with Crippen molar-refractivity contribution in [3.05, 3.63) is 0 Å². The molecule has 24 heavy (non-hydrogen) atoms. The highest BCUT2D eigenvalue weighted by Crippen LogP contribution is 2.35. The average Bonchev–Trinajstić information content (AvgIpc) is 2.89. The zero-order chi connectivity index (χ0) is 17.8. The maximum atomic E-state index is 12.1. The topological polar surface area (TPSA) is 83.8 Å². The first kappa shape index (κ1) is 20.7. The van der Waals surface area contributed by atoms with Gasteiger partial charge in [-0.15, -0.1) is 5.92 Å². The number of ketones is 1. The molecule has 136 valence electrons. The predicted octanol–water partition coefficient (Wildman–Crippen LogP) is 2.80. The summed E-state index contributed by atoms with van der Waals surface area (Å²) in [4.78, 5) is 22.4. The van der Waals surface area contributed by atoms with Crippen molar-refractivity contribution >= 4 is 11.8 Å². The molecule has 1 aliphatic carbocycles. The molecule has 0 saturated heterocycles. The van der Waals surface area contributed by atoms with E-state index in [9.17, 15) is 14.7 Å². The van der Waals surface area contributed by atoms with Crippen LogP contribution in [0.4, 0.5) is 0 Å². The Balaban J connectivity index is 2.25. The van der Waals surface area contributed by atoms with Gasteiger partial charge in [0.1, 0.15) is 18.5 Å². The van der Waals surface area contributed by atoms with Crippen molar-refractivity contribution in [1.29, 1.82) is 0 Å². The van der Waals surface area contributed by atoms with Gasteiger partial charge >= 0.3 is 5.97 Å². The highest BCUT2D eigenvalue weighted by atomic mass is 16.5. The highest BCUT2D eigenvalue weighted by molar-refractivity contribution is 5.83. The van der Waals surface area contributed by atoms with E-state index in [0.29, 0.717) is 31.1 Å². The molecule has 0 aromatic carbocycles. The number of aliphatic hydroxyl groups excluding tert-OH is 1. The summed E-state index contributed by atoms with van der Waals surface area (Å²) in [5.74, 6) is 5.64. The van der Waals surface area contributed by atoms with Crippen molar-refractivity contribution in [3.8, 4) is 11.8 Å². The van der Waals surface area contributed by atoms with Crippen molar-refractivity contribution in [3.63, 3.8) is 0 Å². The number of Topliss-reactive ketones (excluding diaryl/α,β-unsaturated/α-hetero) is 1. The van der Waals surface area contributed by atoms with Crippen molar-refractivity contribution in [2.24, 2.45) is 11.8 Å². The van der Waals surface area contributed by atoms with Gasteiger partial charge in [0.05, 0.1) is 0 Å². The molecule has 1 aliphatic rings. The van der Waals surface area contributed by atoms with Crippen LogP contribution >= 0.6 is 0 Å². The van der Waals surface area contributed by atoms with Crippen LogP contribution in [-0.4, -0.2) is 41.3 Å². The summed E-state index contributed by atoms with van der Waals surface area (Å²) in [5, 5.41) is 18.4. The van der Waals surface area contributed by atoms with Crippen LogP contribution in [0.2, 0.25) is 0 Å². The Kier molecular flexibility index (Phi) is 10.4. The van der Waals surface area contributed by atoms with Crippen LogP contribution in [0.1, 0.15) is 64.7 Å². The smallest absolute Gasteiger partial charge is 0.329 e. The fraction of sp³-hybridized carbons (Fsp3) is 0.789. The monoisotopic (exact) mass is 338 g/mol. The lowest BCUT2D eigenvalue weighted by atomic mass is 9.86. The van der Waals surface area contributed by atoms with Crippen LogP contribution in [0.25, 0.3) is 0 Å². The second-order valence-corrected chi connectivity index (χ2v) is 6.48. The highest BCUT2D eigenvalue weighted by Gasteiger charge is 2.33. The van der Waals surface area contributed by atoms with Crippen LogP contribution in [0.3, 0.4) is 0 Å². The SMILES string of the molecule is CCCC#CC(O)CC[C@H]1CCC(=O)[C@@H]1CCCCOCC(=O)O. The van der Waals surface area contributed by atoms with Crippen molar-refractivity contribution < 1.29 is 24.5 Å². The zero-order valence-corrected chi connectivity index (χ0v) is 14.6. The van der Waals surface area contributed by atoms with Gasteiger partial charge in [0, 0.05) is 25.4 Å². The first-order valence-electron chi connectivity index (χ1n) is 9.03. The average molecular weight is 338 g/mol. The normalized spacial score (nSPS) is 21.3. The van der Waals surface area contributed by atoms with Crippen molar-refractivity contribution in [2.75, 3.05) is 13.2 Å². The number of unbranched alkanes of at least 4 members (excludes halogenated alkanes) is 2. The van der Waals surface area contributed by atoms with Gasteiger partial charge in [-0.25, -0.2) is 4.79 Å². The number of carbonyl (C=O) groups is 2. The molecule has 0 spiro atoms. The minimum Gasteiger partial charge on any atom is -0.480 e. The van der Waals surface area contributed by atoms with E-state index in [2.05, 4.69) is 18.8 Å². The molecule has 0 aliphatic heterocycles. The van der Waals surface area contributed by atoms with Crippen LogP contribution in [-0.2, 0) is 14.3 Å². The lowest BCUT2D eigenvalue weighted by molar-refractivity contribution is -0.142. The largest absolute Gasteiger partial charge is 0.480 e. The number of hydrogen-bond donors (Lipinski definition) is 2. The molecular formula is C19H30O5. The summed E-state index contributed by atoms with van der Waals surface area (Å²) < 4.78 is 5.01. The molecule has 0 aromatic heterocycles. The predicted molar refractivity (Wildman–Crippen MR) is 91.5 cm³/mol. The van der Waals surface area contributed by atoms with E-state index in [1.807, 2.05) is 0 Å². The number of carboxylic acid groups (broad SMARTS) is 1. The molecule has 1 saturated carbocycles. The summed E-state index contributed by atoms with van der Waals surface area (Å²) in [7, 11) is 0. The molecule has 0 aromatic rings. The molecule has 0 amide bonds. The van der Waals surface area contributed by atoms with E-state index in [-0.39, 0.29) is 12.5 Å². The molecule has 1 fully saturated rings. The lowest BCUT2D eigenvalue weighted by Crippen LogP contribution is -2.17. The molecular weight excluding hydrogens is 308 g/mol. The molecule has 1 rings (SSSR count). The van der Waals surface area contributed by atoms with Gasteiger partial charge in [-0.05, 0) is 44.4 Å². The third-order valence-corrected chi connectivity index (χ3v) is 4.48. The molecule has 1 unspecified atom stereocenters. The Hall–Kier alpha value is -1.38. The van der Waals surface area contributed by atoms with Gasteiger partial charge < -0.3 is 14.9 Å². The number of carboxylic acids is 1. The Morgan fingerprint density at radius 3 is 2.88 bits per heavy atom. The molecule has 2 N–H and O–H groups in total.